The van der Waals surface area contributed by atoms with Crippen LogP contribution in [0.2, 0.25) is 0 Å². The van der Waals surface area contributed by atoms with Crippen LogP contribution in [0.15, 0.2) is 35.1 Å². The zero-order valence-electron chi connectivity index (χ0n) is 7.61. The molecule has 0 radical (unpaired) electrons. The summed E-state index contributed by atoms with van der Waals surface area (Å²) in [7, 11) is 0. The monoisotopic (exact) mass is 249 g/mol. The first-order chi connectivity index (χ1) is 6.75. The van der Waals surface area contributed by atoms with Crippen molar-refractivity contribution in [3.05, 3.63) is 40.9 Å². The Morgan fingerprint density at radius 2 is 2.00 bits per heavy atom. The summed E-state index contributed by atoms with van der Waals surface area (Å²) in [6.07, 6.45) is 1.75. The molecule has 0 saturated heterocycles. The van der Waals surface area contributed by atoms with Crippen LogP contribution in [-0.2, 0) is 0 Å². The van der Waals surface area contributed by atoms with Gasteiger partial charge in [0.1, 0.15) is 10.4 Å². The number of hydrogen-bond donors (Lipinski definition) is 0. The maximum absolute atomic E-state index is 4.30. The molecule has 2 aromatic rings. The van der Waals surface area contributed by atoms with Gasteiger partial charge in [0.15, 0.2) is 0 Å². The maximum Gasteiger partial charge on any atom is 0.127 e. The number of aromatic nitrogens is 3. The molecule has 0 saturated carbocycles. The van der Waals surface area contributed by atoms with Gasteiger partial charge in [0, 0.05) is 6.20 Å². The molecule has 0 fully saturated rings. The molecule has 3 nitrogen and oxygen atoms in total. The predicted octanol–water partition coefficient (Wildman–Crippen LogP) is 2.61. The molecular formula is C10H8BrN3. The molecule has 14 heavy (non-hydrogen) atoms. The average Bonchev–Trinajstić information content (AvgIpc) is 2.18. The molecule has 0 bridgehead atoms. The van der Waals surface area contributed by atoms with Crippen molar-refractivity contribution in [3.63, 3.8) is 0 Å². The minimum atomic E-state index is 0.736. The molecule has 0 aromatic carbocycles. The minimum Gasteiger partial charge on any atom is -0.255 e. The van der Waals surface area contributed by atoms with Crippen LogP contribution in [0.3, 0.4) is 0 Å². The van der Waals surface area contributed by atoms with Gasteiger partial charge in [-0.3, -0.25) is 4.98 Å². The van der Waals surface area contributed by atoms with Crippen molar-refractivity contribution < 1.29 is 0 Å². The Kier molecular flexibility index (Phi) is 2.54. The summed E-state index contributed by atoms with van der Waals surface area (Å²) in [5.74, 6) is 0.736. The number of hydrogen-bond acceptors (Lipinski definition) is 3. The fraction of sp³-hybridized carbons (Fsp3) is 0.100. The molecule has 0 amide bonds. The standard InChI is InChI=1S/C10H8BrN3/c1-7-13-9(6-10(11)14-7)8-4-2-3-5-12-8/h2-6H,1H3. The van der Waals surface area contributed by atoms with E-state index in [1.54, 1.807) is 6.20 Å². The third-order valence-electron chi connectivity index (χ3n) is 1.73. The highest BCUT2D eigenvalue weighted by Crippen LogP contribution is 2.17. The zero-order chi connectivity index (χ0) is 9.97. The predicted molar refractivity (Wildman–Crippen MR) is 57.7 cm³/mol. The molecule has 0 aliphatic carbocycles. The maximum atomic E-state index is 4.30. The topological polar surface area (TPSA) is 38.7 Å². The Bertz CT molecular complexity index is 422. The highest BCUT2D eigenvalue weighted by Gasteiger charge is 2.02. The van der Waals surface area contributed by atoms with Gasteiger partial charge in [-0.05, 0) is 41.1 Å². The van der Waals surface area contributed by atoms with Crippen LogP contribution in [0.1, 0.15) is 5.82 Å². The van der Waals surface area contributed by atoms with Crippen molar-refractivity contribution in [2.24, 2.45) is 0 Å². The summed E-state index contributed by atoms with van der Waals surface area (Å²) in [4.78, 5) is 12.7. The van der Waals surface area contributed by atoms with Crippen molar-refractivity contribution in [1.29, 1.82) is 0 Å². The van der Waals surface area contributed by atoms with E-state index < -0.39 is 0 Å². The van der Waals surface area contributed by atoms with Gasteiger partial charge in [-0.1, -0.05) is 6.07 Å². The van der Waals surface area contributed by atoms with Gasteiger partial charge in [0.2, 0.25) is 0 Å². The van der Waals surface area contributed by atoms with Gasteiger partial charge in [-0.2, -0.15) is 0 Å². The van der Waals surface area contributed by atoms with Crippen LogP contribution in [0, 0.1) is 6.92 Å². The van der Waals surface area contributed by atoms with Crippen molar-refractivity contribution in [2.75, 3.05) is 0 Å². The number of pyridine rings is 1. The Hall–Kier alpha value is -1.29. The summed E-state index contributed by atoms with van der Waals surface area (Å²) in [6, 6.07) is 7.60. The van der Waals surface area contributed by atoms with E-state index in [9.17, 15) is 0 Å². The number of aryl methyl sites for hydroxylation is 1. The lowest BCUT2D eigenvalue weighted by Gasteiger charge is -2.00. The normalized spacial score (nSPS) is 10.1. The number of halogens is 1. The molecule has 0 spiro atoms. The Labute approximate surface area is 90.4 Å². The average molecular weight is 250 g/mol. The van der Waals surface area contributed by atoms with Crippen LogP contribution < -0.4 is 0 Å². The van der Waals surface area contributed by atoms with Gasteiger partial charge in [-0.25, -0.2) is 9.97 Å². The Morgan fingerprint density at radius 1 is 1.14 bits per heavy atom. The highest BCUT2D eigenvalue weighted by molar-refractivity contribution is 9.10. The first kappa shape index (κ1) is 9.27. The molecule has 0 atom stereocenters. The molecule has 2 aromatic heterocycles. The van der Waals surface area contributed by atoms with Crippen LogP contribution in [-0.4, -0.2) is 15.0 Å². The first-order valence-electron chi connectivity index (χ1n) is 4.18. The molecule has 70 valence electrons. The van der Waals surface area contributed by atoms with Crippen LogP contribution in [0.25, 0.3) is 11.4 Å². The van der Waals surface area contributed by atoms with Crippen LogP contribution >= 0.6 is 15.9 Å². The summed E-state index contributed by atoms with van der Waals surface area (Å²) in [5.41, 5.74) is 1.70. The van der Waals surface area contributed by atoms with E-state index in [1.165, 1.54) is 0 Å². The van der Waals surface area contributed by atoms with E-state index >= 15 is 0 Å². The van der Waals surface area contributed by atoms with Crippen molar-refractivity contribution in [3.8, 4) is 11.4 Å². The molecule has 0 unspecified atom stereocenters. The van der Waals surface area contributed by atoms with Crippen molar-refractivity contribution in [1.82, 2.24) is 15.0 Å². The summed E-state index contributed by atoms with van der Waals surface area (Å²) in [5, 5.41) is 0. The third-order valence-corrected chi connectivity index (χ3v) is 2.14. The second kappa shape index (κ2) is 3.84. The molecule has 0 N–H and O–H groups in total. The van der Waals surface area contributed by atoms with Gasteiger partial charge in [0.25, 0.3) is 0 Å². The molecule has 2 rings (SSSR count). The summed E-state index contributed by atoms with van der Waals surface area (Å²) in [6.45, 7) is 1.86. The lowest BCUT2D eigenvalue weighted by molar-refractivity contribution is 1.03. The van der Waals surface area contributed by atoms with Gasteiger partial charge in [0.05, 0.1) is 11.4 Å². The second-order valence-electron chi connectivity index (χ2n) is 2.84. The molecular weight excluding hydrogens is 242 g/mol. The fourth-order valence-electron chi connectivity index (χ4n) is 1.18. The van der Waals surface area contributed by atoms with Crippen LogP contribution in [0.4, 0.5) is 0 Å². The van der Waals surface area contributed by atoms with Crippen molar-refractivity contribution in [2.45, 2.75) is 6.92 Å². The minimum absolute atomic E-state index is 0.736. The lowest BCUT2D eigenvalue weighted by Crippen LogP contribution is -1.92. The summed E-state index contributed by atoms with van der Waals surface area (Å²) < 4.78 is 0.783. The van der Waals surface area contributed by atoms with Gasteiger partial charge in [-0.15, -0.1) is 0 Å². The third kappa shape index (κ3) is 1.96. The number of rotatable bonds is 1. The number of nitrogens with zero attached hydrogens (tertiary/aromatic N) is 3. The summed E-state index contributed by atoms with van der Waals surface area (Å²) >= 11 is 3.33. The van der Waals surface area contributed by atoms with Gasteiger partial charge < -0.3 is 0 Å². The van der Waals surface area contributed by atoms with E-state index in [4.69, 9.17) is 0 Å². The van der Waals surface area contributed by atoms with Crippen molar-refractivity contribution >= 4 is 15.9 Å². The van der Waals surface area contributed by atoms with E-state index in [2.05, 4.69) is 30.9 Å². The van der Waals surface area contributed by atoms with Crippen LogP contribution in [0.5, 0.6) is 0 Å². The molecule has 0 aliphatic rings. The second-order valence-corrected chi connectivity index (χ2v) is 3.65. The quantitative estimate of drug-likeness (QED) is 0.730. The SMILES string of the molecule is Cc1nc(Br)cc(-c2ccccn2)n1. The van der Waals surface area contributed by atoms with E-state index in [1.807, 2.05) is 31.2 Å². The Morgan fingerprint density at radius 3 is 2.64 bits per heavy atom. The first-order valence-corrected chi connectivity index (χ1v) is 4.97. The zero-order valence-corrected chi connectivity index (χ0v) is 9.19. The van der Waals surface area contributed by atoms with E-state index in [-0.39, 0.29) is 0 Å². The lowest BCUT2D eigenvalue weighted by atomic mass is 10.2. The molecule has 4 heteroatoms. The fourth-order valence-corrected chi connectivity index (χ4v) is 1.65. The smallest absolute Gasteiger partial charge is 0.127 e. The Balaban J connectivity index is 2.52. The largest absolute Gasteiger partial charge is 0.255 e. The van der Waals surface area contributed by atoms with E-state index in [0.717, 1.165) is 21.8 Å². The highest BCUT2D eigenvalue weighted by atomic mass is 79.9. The van der Waals surface area contributed by atoms with Gasteiger partial charge >= 0.3 is 0 Å². The molecule has 2 heterocycles. The molecule has 0 aliphatic heterocycles. The van der Waals surface area contributed by atoms with E-state index in [0.29, 0.717) is 0 Å².